The minimum Gasteiger partial charge on any atom is -0.458 e. The molecule has 104 valence electrons. The molecule has 19 heavy (non-hydrogen) atoms. The number of H-pyrrole nitrogens is 1. The van der Waals surface area contributed by atoms with E-state index in [1.807, 2.05) is 6.92 Å². The van der Waals surface area contributed by atoms with Crippen LogP contribution >= 0.6 is 0 Å². The number of ketones is 1. The van der Waals surface area contributed by atoms with Crippen molar-refractivity contribution in [3.63, 3.8) is 0 Å². The second-order valence-corrected chi connectivity index (χ2v) is 4.81. The zero-order chi connectivity index (χ0) is 14.2. The number of rotatable bonds is 3. The lowest BCUT2D eigenvalue weighted by molar-refractivity contribution is -0.149. The number of aromatic amines is 1. The second-order valence-electron chi connectivity index (χ2n) is 4.81. The molecule has 1 saturated heterocycles. The Morgan fingerprint density at radius 3 is 2.68 bits per heavy atom. The summed E-state index contributed by atoms with van der Waals surface area (Å²) in [6.07, 6.45) is -0.985. The number of carbonyl (C=O) groups is 2. The van der Waals surface area contributed by atoms with Crippen molar-refractivity contribution in [3.05, 3.63) is 23.0 Å². The topological polar surface area (TPSA) is 94.4 Å². The van der Waals surface area contributed by atoms with Gasteiger partial charge in [-0.25, -0.2) is 0 Å². The van der Waals surface area contributed by atoms with E-state index in [0.29, 0.717) is 17.9 Å². The minimum atomic E-state index is -0.532. The fourth-order valence-corrected chi connectivity index (χ4v) is 2.34. The molecule has 0 aliphatic carbocycles. The highest BCUT2D eigenvalue weighted by molar-refractivity contribution is 5.95. The smallest absolute Gasteiger partial charge is 0.303 e. The number of hydrogen-bond acceptors (Lipinski definition) is 5. The van der Waals surface area contributed by atoms with E-state index >= 15 is 0 Å². The molecule has 0 radical (unpaired) electrons. The quantitative estimate of drug-likeness (QED) is 0.625. The number of Topliss-reactive ketones (excluding diaryl/α,β-unsaturated/α-hetero) is 1. The lowest BCUT2D eigenvalue weighted by Gasteiger charge is -2.19. The SMILES string of the molecule is CC(=O)O[C@H]1[C@@H](c2cc(C(C)=O)c(C)[nH]2)OC[C@@H]1N. The van der Waals surface area contributed by atoms with Gasteiger partial charge in [-0.3, -0.25) is 9.59 Å². The maximum absolute atomic E-state index is 11.4. The summed E-state index contributed by atoms with van der Waals surface area (Å²) in [5.74, 6) is -0.419. The Kier molecular flexibility index (Phi) is 3.73. The number of esters is 1. The van der Waals surface area contributed by atoms with Crippen LogP contribution < -0.4 is 5.73 Å². The van der Waals surface area contributed by atoms with Crippen LogP contribution in [0.2, 0.25) is 0 Å². The standard InChI is InChI=1S/C13H18N2O4/c1-6-9(7(2)16)4-11(15-6)13-12(19-8(3)17)10(14)5-18-13/h4,10,12-13,15H,5,14H2,1-3H3/t10-,12+,13+/m0/s1. The molecule has 2 heterocycles. The molecule has 0 amide bonds. The molecule has 0 unspecified atom stereocenters. The molecule has 6 heteroatoms. The van der Waals surface area contributed by atoms with E-state index in [0.717, 1.165) is 5.69 Å². The first-order valence-electron chi connectivity index (χ1n) is 6.15. The van der Waals surface area contributed by atoms with Crippen molar-refractivity contribution in [2.45, 2.75) is 39.0 Å². The first kappa shape index (κ1) is 13.8. The van der Waals surface area contributed by atoms with Crippen LogP contribution in [0.1, 0.15) is 41.7 Å². The molecular formula is C13H18N2O4. The zero-order valence-corrected chi connectivity index (χ0v) is 11.2. The molecule has 1 fully saturated rings. The summed E-state index contributed by atoms with van der Waals surface area (Å²) in [6, 6.07) is 1.37. The molecule has 0 bridgehead atoms. The fourth-order valence-electron chi connectivity index (χ4n) is 2.34. The third kappa shape index (κ3) is 2.69. The van der Waals surface area contributed by atoms with E-state index in [4.69, 9.17) is 15.2 Å². The number of ether oxygens (including phenoxy) is 2. The molecule has 0 saturated carbocycles. The van der Waals surface area contributed by atoms with Gasteiger partial charge in [0.15, 0.2) is 11.9 Å². The third-order valence-electron chi connectivity index (χ3n) is 3.21. The maximum Gasteiger partial charge on any atom is 0.303 e. The maximum atomic E-state index is 11.4. The van der Waals surface area contributed by atoms with Crippen LogP contribution in [-0.4, -0.2) is 35.5 Å². The summed E-state index contributed by atoms with van der Waals surface area (Å²) in [4.78, 5) is 25.7. The summed E-state index contributed by atoms with van der Waals surface area (Å²) >= 11 is 0. The molecule has 1 aromatic rings. The van der Waals surface area contributed by atoms with E-state index in [1.165, 1.54) is 13.8 Å². The van der Waals surface area contributed by atoms with Gasteiger partial charge < -0.3 is 20.2 Å². The molecular weight excluding hydrogens is 248 g/mol. The number of nitrogens with one attached hydrogen (secondary N) is 1. The highest BCUT2D eigenvalue weighted by atomic mass is 16.6. The van der Waals surface area contributed by atoms with Crippen LogP contribution in [0, 0.1) is 6.92 Å². The van der Waals surface area contributed by atoms with Crippen LogP contribution in [0.3, 0.4) is 0 Å². The Morgan fingerprint density at radius 2 is 2.16 bits per heavy atom. The van der Waals surface area contributed by atoms with Crippen LogP contribution in [0.4, 0.5) is 0 Å². The van der Waals surface area contributed by atoms with Gasteiger partial charge in [-0.15, -0.1) is 0 Å². The molecule has 3 N–H and O–H groups in total. The zero-order valence-electron chi connectivity index (χ0n) is 11.2. The van der Waals surface area contributed by atoms with E-state index < -0.39 is 18.2 Å². The van der Waals surface area contributed by atoms with Crippen molar-refractivity contribution in [2.24, 2.45) is 5.73 Å². The van der Waals surface area contributed by atoms with Crippen LogP contribution in [0.25, 0.3) is 0 Å². The molecule has 1 aliphatic rings. The van der Waals surface area contributed by atoms with Crippen molar-refractivity contribution in [3.8, 4) is 0 Å². The largest absolute Gasteiger partial charge is 0.458 e. The van der Waals surface area contributed by atoms with Gasteiger partial charge in [0.2, 0.25) is 0 Å². The third-order valence-corrected chi connectivity index (χ3v) is 3.21. The summed E-state index contributed by atoms with van der Waals surface area (Å²) in [7, 11) is 0. The van der Waals surface area contributed by atoms with E-state index in [1.54, 1.807) is 6.07 Å². The number of nitrogens with two attached hydrogens (primary N) is 1. The predicted octanol–water partition coefficient (Wildman–Crippen LogP) is 0.856. The van der Waals surface area contributed by atoms with Crippen LogP contribution in [-0.2, 0) is 14.3 Å². The van der Waals surface area contributed by atoms with Crippen molar-refractivity contribution in [1.82, 2.24) is 4.98 Å². The highest BCUT2D eigenvalue weighted by Gasteiger charge is 2.39. The molecule has 6 nitrogen and oxygen atoms in total. The molecule has 1 aliphatic heterocycles. The molecule has 0 spiro atoms. The normalized spacial score (nSPS) is 26.4. The second kappa shape index (κ2) is 5.14. The van der Waals surface area contributed by atoms with Gasteiger partial charge in [-0.1, -0.05) is 0 Å². The van der Waals surface area contributed by atoms with Gasteiger partial charge in [-0.2, -0.15) is 0 Å². The molecule has 3 atom stereocenters. The van der Waals surface area contributed by atoms with Crippen LogP contribution in [0.15, 0.2) is 6.07 Å². The van der Waals surface area contributed by atoms with Gasteiger partial charge >= 0.3 is 5.97 Å². The highest BCUT2D eigenvalue weighted by Crippen LogP contribution is 2.31. The Morgan fingerprint density at radius 1 is 1.47 bits per heavy atom. The van der Waals surface area contributed by atoms with Crippen molar-refractivity contribution in [1.29, 1.82) is 0 Å². The molecule has 2 rings (SSSR count). The van der Waals surface area contributed by atoms with E-state index in [9.17, 15) is 9.59 Å². The minimum absolute atomic E-state index is 0.0219. The van der Waals surface area contributed by atoms with Crippen molar-refractivity contribution >= 4 is 11.8 Å². The summed E-state index contributed by atoms with van der Waals surface area (Å²) < 4.78 is 10.8. The summed E-state index contributed by atoms with van der Waals surface area (Å²) in [5.41, 5.74) is 7.97. The van der Waals surface area contributed by atoms with E-state index in [-0.39, 0.29) is 11.8 Å². The Labute approximate surface area is 111 Å². The monoisotopic (exact) mass is 266 g/mol. The average Bonchev–Trinajstić information content (AvgIpc) is 2.83. The molecule has 1 aromatic heterocycles. The van der Waals surface area contributed by atoms with Crippen LogP contribution in [0.5, 0.6) is 0 Å². The lowest BCUT2D eigenvalue weighted by atomic mass is 10.1. The summed E-state index contributed by atoms with van der Waals surface area (Å²) in [6.45, 7) is 4.97. The number of carbonyl (C=O) groups excluding carboxylic acids is 2. The van der Waals surface area contributed by atoms with Crippen molar-refractivity contribution in [2.75, 3.05) is 6.61 Å². The first-order valence-corrected chi connectivity index (χ1v) is 6.15. The summed E-state index contributed by atoms with van der Waals surface area (Å²) in [5, 5.41) is 0. The number of hydrogen-bond donors (Lipinski definition) is 2. The average molecular weight is 266 g/mol. The van der Waals surface area contributed by atoms with Gasteiger partial charge in [0.25, 0.3) is 0 Å². The number of aryl methyl sites for hydroxylation is 1. The van der Waals surface area contributed by atoms with Crippen molar-refractivity contribution < 1.29 is 19.1 Å². The van der Waals surface area contributed by atoms with Gasteiger partial charge in [0.05, 0.1) is 12.6 Å². The first-order chi connectivity index (χ1) is 8.90. The van der Waals surface area contributed by atoms with Gasteiger partial charge in [0, 0.05) is 23.9 Å². The molecule has 0 aromatic carbocycles. The fraction of sp³-hybridized carbons (Fsp3) is 0.538. The van der Waals surface area contributed by atoms with E-state index in [2.05, 4.69) is 4.98 Å². The Bertz CT molecular complexity index is 509. The van der Waals surface area contributed by atoms with Gasteiger partial charge in [-0.05, 0) is 19.9 Å². The Hall–Kier alpha value is -1.66. The van der Waals surface area contributed by atoms with Gasteiger partial charge in [0.1, 0.15) is 6.10 Å². The lowest BCUT2D eigenvalue weighted by Crippen LogP contribution is -2.37. The Balaban J connectivity index is 2.27. The predicted molar refractivity (Wildman–Crippen MR) is 67.8 cm³/mol. The number of aromatic nitrogens is 1.